The summed E-state index contributed by atoms with van der Waals surface area (Å²) in [6.45, 7) is 1.47. The Bertz CT molecular complexity index is 993. The van der Waals surface area contributed by atoms with E-state index in [1.165, 1.54) is 31.2 Å². The normalized spacial score (nSPS) is 13.8. The van der Waals surface area contributed by atoms with Crippen LogP contribution in [-0.2, 0) is 30.4 Å². The number of aliphatic imine (C=N–C) groups is 1. The molecule has 12 N–H and O–H groups in total. The maximum atomic E-state index is 13.1. The van der Waals surface area contributed by atoms with Gasteiger partial charge >= 0.3 is 11.9 Å². The lowest BCUT2D eigenvalue weighted by Crippen LogP contribution is -2.57. The van der Waals surface area contributed by atoms with Crippen molar-refractivity contribution in [3.8, 4) is 5.75 Å². The molecule has 1 aromatic rings. The number of phenolic OH excluding ortho intramolecular Hbond substituents is 1. The van der Waals surface area contributed by atoms with Gasteiger partial charge in [0, 0.05) is 13.0 Å². The predicted octanol–water partition coefficient (Wildman–Crippen LogP) is -2.65. The quantitative estimate of drug-likeness (QED) is 0.0650. The minimum atomic E-state index is -1.55. The number of nitrogens with two attached hydrogens (primary N) is 3. The summed E-state index contributed by atoms with van der Waals surface area (Å²) in [5, 5.41) is 35.1. The first-order valence-corrected chi connectivity index (χ1v) is 11.2. The Labute approximate surface area is 212 Å². The number of carboxylic acids is 2. The summed E-state index contributed by atoms with van der Waals surface area (Å²) in [6, 6.07) is 0.388. The lowest BCUT2D eigenvalue weighted by Gasteiger charge is -2.24. The van der Waals surface area contributed by atoms with Crippen LogP contribution in [0.2, 0.25) is 0 Å². The molecular formula is C22H33N7O8. The number of nitrogens with one attached hydrogen (secondary N) is 3. The molecule has 4 atom stereocenters. The van der Waals surface area contributed by atoms with Gasteiger partial charge in [-0.1, -0.05) is 12.1 Å². The fourth-order valence-electron chi connectivity index (χ4n) is 3.07. The van der Waals surface area contributed by atoms with Crippen LogP contribution in [-0.4, -0.2) is 81.7 Å². The molecule has 0 aliphatic carbocycles. The first kappa shape index (κ1) is 30.6. The standard InChI is InChI=1S/C22H33N7O8/c1-11(23)18(33)28-16(10-17(31)32)20(35)29-15(9-12-4-6-13(30)7-5-12)19(34)27-14(21(36)37)3-2-8-26-22(24)25/h4-7,11,14-16,30H,2-3,8-10,23H2,1H3,(H,27,34)(H,28,33)(H,29,35)(H,31,32)(H,36,37)(H4,24,25,26). The molecule has 0 radical (unpaired) electrons. The summed E-state index contributed by atoms with van der Waals surface area (Å²) in [5.41, 5.74) is 16.4. The zero-order valence-electron chi connectivity index (χ0n) is 20.2. The van der Waals surface area contributed by atoms with Gasteiger partial charge in [-0.05, 0) is 37.5 Å². The topological polar surface area (TPSA) is 273 Å². The van der Waals surface area contributed by atoms with Crippen LogP contribution in [0.1, 0.15) is 31.7 Å². The molecule has 0 aliphatic heterocycles. The third-order valence-corrected chi connectivity index (χ3v) is 4.99. The summed E-state index contributed by atoms with van der Waals surface area (Å²) in [7, 11) is 0. The van der Waals surface area contributed by atoms with Crippen molar-refractivity contribution in [2.24, 2.45) is 22.2 Å². The molecule has 204 valence electrons. The first-order valence-electron chi connectivity index (χ1n) is 11.2. The van der Waals surface area contributed by atoms with Crippen molar-refractivity contribution in [3.05, 3.63) is 29.8 Å². The lowest BCUT2D eigenvalue weighted by molar-refractivity contribution is -0.143. The average molecular weight is 524 g/mol. The smallest absolute Gasteiger partial charge is 0.326 e. The lowest BCUT2D eigenvalue weighted by atomic mass is 10.0. The molecule has 0 fully saturated rings. The number of carbonyl (C=O) groups excluding carboxylic acids is 3. The number of hydrogen-bond donors (Lipinski definition) is 9. The minimum absolute atomic E-state index is 0.0240. The molecule has 3 amide bonds. The highest BCUT2D eigenvalue weighted by Gasteiger charge is 2.31. The molecule has 0 spiro atoms. The Kier molecular flexibility index (Phi) is 12.3. The SMILES string of the molecule is CC(N)C(=O)NC(CC(=O)O)C(=O)NC(Cc1ccc(O)cc1)C(=O)NC(CCCN=C(N)N)C(=O)O. The van der Waals surface area contributed by atoms with E-state index in [1.807, 2.05) is 0 Å². The second-order valence-corrected chi connectivity index (χ2v) is 8.23. The number of aliphatic carboxylic acids is 2. The average Bonchev–Trinajstić information content (AvgIpc) is 2.80. The number of guanidine groups is 1. The Morgan fingerprint density at radius 3 is 1.95 bits per heavy atom. The highest BCUT2D eigenvalue weighted by Crippen LogP contribution is 2.12. The molecule has 15 heteroatoms. The highest BCUT2D eigenvalue weighted by molar-refractivity contribution is 5.95. The maximum absolute atomic E-state index is 13.1. The van der Waals surface area contributed by atoms with E-state index in [2.05, 4.69) is 20.9 Å². The van der Waals surface area contributed by atoms with Crippen LogP contribution in [0.15, 0.2) is 29.3 Å². The number of rotatable bonds is 15. The van der Waals surface area contributed by atoms with E-state index in [1.54, 1.807) is 0 Å². The van der Waals surface area contributed by atoms with E-state index in [-0.39, 0.29) is 37.5 Å². The van der Waals surface area contributed by atoms with Crippen molar-refractivity contribution in [1.82, 2.24) is 16.0 Å². The first-order chi connectivity index (χ1) is 17.3. The number of aromatic hydroxyl groups is 1. The number of carboxylic acid groups (broad SMARTS) is 2. The van der Waals surface area contributed by atoms with E-state index in [0.29, 0.717) is 5.56 Å². The van der Waals surface area contributed by atoms with Crippen LogP contribution in [0.3, 0.4) is 0 Å². The van der Waals surface area contributed by atoms with Crippen molar-refractivity contribution >= 4 is 35.6 Å². The van der Waals surface area contributed by atoms with Gasteiger partial charge in [0.25, 0.3) is 0 Å². The largest absolute Gasteiger partial charge is 0.508 e. The van der Waals surface area contributed by atoms with Crippen LogP contribution in [0.4, 0.5) is 0 Å². The molecule has 4 unspecified atom stereocenters. The van der Waals surface area contributed by atoms with Crippen molar-refractivity contribution in [2.45, 2.75) is 56.8 Å². The van der Waals surface area contributed by atoms with Gasteiger partial charge in [0.05, 0.1) is 12.5 Å². The van der Waals surface area contributed by atoms with Crippen LogP contribution in [0, 0.1) is 0 Å². The highest BCUT2D eigenvalue weighted by atomic mass is 16.4. The van der Waals surface area contributed by atoms with Crippen LogP contribution in [0.5, 0.6) is 5.75 Å². The Morgan fingerprint density at radius 2 is 1.43 bits per heavy atom. The molecule has 0 bridgehead atoms. The second kappa shape index (κ2) is 14.9. The molecular weight excluding hydrogens is 490 g/mol. The fraction of sp³-hybridized carbons (Fsp3) is 0.455. The number of benzene rings is 1. The number of nitrogens with zero attached hydrogens (tertiary/aromatic N) is 1. The van der Waals surface area contributed by atoms with Crippen LogP contribution >= 0.6 is 0 Å². The van der Waals surface area contributed by atoms with E-state index in [9.17, 15) is 34.2 Å². The minimum Gasteiger partial charge on any atom is -0.508 e. The summed E-state index contributed by atoms with van der Waals surface area (Å²) in [5.74, 6) is -5.58. The Morgan fingerprint density at radius 1 is 0.892 bits per heavy atom. The van der Waals surface area contributed by atoms with Gasteiger partial charge in [0.2, 0.25) is 17.7 Å². The third-order valence-electron chi connectivity index (χ3n) is 4.99. The van der Waals surface area contributed by atoms with Gasteiger partial charge < -0.3 is 48.5 Å². The molecule has 1 rings (SSSR count). The number of phenols is 1. The summed E-state index contributed by atoms with van der Waals surface area (Å²) >= 11 is 0. The molecule has 0 heterocycles. The van der Waals surface area contributed by atoms with E-state index >= 15 is 0 Å². The second-order valence-electron chi connectivity index (χ2n) is 8.23. The fourth-order valence-corrected chi connectivity index (χ4v) is 3.07. The van der Waals surface area contributed by atoms with E-state index < -0.39 is 60.2 Å². The van der Waals surface area contributed by atoms with Crippen molar-refractivity contribution in [1.29, 1.82) is 0 Å². The van der Waals surface area contributed by atoms with Gasteiger partial charge in [-0.2, -0.15) is 0 Å². The zero-order valence-corrected chi connectivity index (χ0v) is 20.2. The van der Waals surface area contributed by atoms with Crippen molar-refractivity contribution in [3.63, 3.8) is 0 Å². The summed E-state index contributed by atoms with van der Waals surface area (Å²) in [6.07, 6.45) is -0.725. The summed E-state index contributed by atoms with van der Waals surface area (Å²) < 4.78 is 0. The maximum Gasteiger partial charge on any atom is 0.326 e. The number of hydrogen-bond acceptors (Lipinski definition) is 8. The number of amides is 3. The van der Waals surface area contributed by atoms with Crippen LogP contribution in [0.25, 0.3) is 0 Å². The van der Waals surface area contributed by atoms with Gasteiger partial charge in [0.15, 0.2) is 5.96 Å². The third kappa shape index (κ3) is 11.7. The van der Waals surface area contributed by atoms with Crippen molar-refractivity contribution < 1.29 is 39.3 Å². The van der Waals surface area contributed by atoms with Crippen molar-refractivity contribution in [2.75, 3.05) is 6.54 Å². The van der Waals surface area contributed by atoms with E-state index in [4.69, 9.17) is 22.3 Å². The number of carbonyl (C=O) groups is 5. The van der Waals surface area contributed by atoms with E-state index in [0.717, 1.165) is 0 Å². The van der Waals surface area contributed by atoms with Gasteiger partial charge in [-0.3, -0.25) is 24.2 Å². The molecule has 37 heavy (non-hydrogen) atoms. The molecule has 0 aliphatic rings. The molecule has 1 aromatic carbocycles. The van der Waals surface area contributed by atoms with Gasteiger partial charge in [0.1, 0.15) is 23.9 Å². The van der Waals surface area contributed by atoms with Gasteiger partial charge in [-0.25, -0.2) is 4.79 Å². The Balaban J connectivity index is 3.12. The molecule has 0 saturated heterocycles. The predicted molar refractivity (Wildman–Crippen MR) is 131 cm³/mol. The van der Waals surface area contributed by atoms with Crippen LogP contribution < -0.4 is 33.2 Å². The summed E-state index contributed by atoms with van der Waals surface area (Å²) in [4.78, 5) is 64.6. The molecule has 0 saturated carbocycles. The molecule has 0 aromatic heterocycles. The zero-order chi connectivity index (χ0) is 28.1. The Hall–Kier alpha value is -4.40. The monoisotopic (exact) mass is 523 g/mol. The van der Waals surface area contributed by atoms with Gasteiger partial charge in [-0.15, -0.1) is 0 Å². The molecule has 15 nitrogen and oxygen atoms in total.